The number of rotatable bonds is 2. The highest BCUT2D eigenvalue weighted by atomic mass is 14.7. The minimum atomic E-state index is 1.08. The average molecular weight is 209 g/mol. The van der Waals surface area contributed by atoms with Crippen LogP contribution in [0.15, 0.2) is 55.1 Å². The van der Waals surface area contributed by atoms with Crippen LogP contribution in [0.1, 0.15) is 0 Å². The van der Waals surface area contributed by atoms with Crippen LogP contribution in [0.25, 0.3) is 22.5 Å². The van der Waals surface area contributed by atoms with Crippen molar-refractivity contribution in [1.82, 2.24) is 15.0 Å². The number of nitrogens with zero attached hydrogens (tertiary/aromatic N) is 1. The lowest BCUT2D eigenvalue weighted by molar-refractivity contribution is 1.29. The van der Waals surface area contributed by atoms with Gasteiger partial charge in [-0.25, -0.2) is 0 Å². The van der Waals surface area contributed by atoms with Crippen molar-refractivity contribution in [2.75, 3.05) is 0 Å². The lowest BCUT2D eigenvalue weighted by atomic mass is 10.1. The molecule has 0 spiro atoms. The molecule has 0 unspecified atom stereocenters. The lowest BCUT2D eigenvalue weighted by Crippen LogP contribution is -1.83. The second-order valence-corrected chi connectivity index (χ2v) is 3.63. The zero-order valence-corrected chi connectivity index (χ0v) is 8.64. The summed E-state index contributed by atoms with van der Waals surface area (Å²) in [6.45, 7) is 0. The minimum absolute atomic E-state index is 1.08. The molecular weight excluding hydrogens is 198 g/mol. The molecule has 0 atom stereocenters. The summed E-state index contributed by atoms with van der Waals surface area (Å²) in [5.41, 5.74) is 4.36. The van der Waals surface area contributed by atoms with E-state index in [1.807, 2.05) is 49.1 Å². The Morgan fingerprint density at radius 1 is 0.812 bits per heavy atom. The largest absolute Gasteiger partial charge is 0.361 e. The summed E-state index contributed by atoms with van der Waals surface area (Å²) in [4.78, 5) is 10.6. The molecule has 3 aromatic heterocycles. The summed E-state index contributed by atoms with van der Waals surface area (Å²) < 4.78 is 0. The van der Waals surface area contributed by atoms with Crippen LogP contribution in [-0.2, 0) is 0 Å². The fourth-order valence-electron chi connectivity index (χ4n) is 1.75. The molecule has 0 amide bonds. The molecule has 16 heavy (non-hydrogen) atoms. The number of aromatic nitrogens is 3. The molecule has 3 aromatic rings. The molecule has 2 N–H and O–H groups in total. The topological polar surface area (TPSA) is 44.5 Å². The Labute approximate surface area is 93.2 Å². The van der Waals surface area contributed by atoms with Gasteiger partial charge in [0.15, 0.2) is 0 Å². The van der Waals surface area contributed by atoms with Crippen LogP contribution in [-0.4, -0.2) is 15.0 Å². The Hall–Kier alpha value is -2.29. The molecule has 0 aliphatic rings. The van der Waals surface area contributed by atoms with Gasteiger partial charge in [-0.1, -0.05) is 0 Å². The second-order valence-electron chi connectivity index (χ2n) is 3.63. The highest BCUT2D eigenvalue weighted by Gasteiger charge is 2.02. The minimum Gasteiger partial charge on any atom is -0.361 e. The van der Waals surface area contributed by atoms with E-state index in [4.69, 9.17) is 0 Å². The third kappa shape index (κ3) is 1.52. The van der Waals surface area contributed by atoms with Gasteiger partial charge in [0.2, 0.25) is 0 Å². The fourth-order valence-corrected chi connectivity index (χ4v) is 1.75. The summed E-state index contributed by atoms with van der Waals surface area (Å²) in [6, 6.07) is 10.2. The third-order valence-electron chi connectivity index (χ3n) is 2.56. The Bertz CT molecular complexity index is 516. The molecule has 78 valence electrons. The zero-order valence-electron chi connectivity index (χ0n) is 8.64. The molecule has 3 rings (SSSR count). The average Bonchev–Trinajstić information content (AvgIpc) is 3.03. The summed E-state index contributed by atoms with van der Waals surface area (Å²) in [7, 11) is 0. The number of hydrogen-bond acceptors (Lipinski definition) is 1. The van der Waals surface area contributed by atoms with Gasteiger partial charge in [-0.05, 0) is 30.3 Å². The summed E-state index contributed by atoms with van der Waals surface area (Å²) in [6.07, 6.45) is 7.55. The van der Waals surface area contributed by atoms with E-state index in [9.17, 15) is 0 Å². The highest BCUT2D eigenvalue weighted by molar-refractivity contribution is 5.67. The van der Waals surface area contributed by atoms with E-state index >= 15 is 0 Å². The van der Waals surface area contributed by atoms with Gasteiger partial charge in [0, 0.05) is 47.3 Å². The normalized spacial score (nSPS) is 10.5. The van der Waals surface area contributed by atoms with Crippen molar-refractivity contribution in [1.29, 1.82) is 0 Å². The Balaban J connectivity index is 2.07. The Morgan fingerprint density at radius 3 is 1.81 bits per heavy atom. The van der Waals surface area contributed by atoms with Crippen molar-refractivity contribution in [3.8, 4) is 22.5 Å². The maximum atomic E-state index is 4.26. The first-order chi connectivity index (χ1) is 7.93. The predicted octanol–water partition coefficient (Wildman–Crippen LogP) is 3.07. The van der Waals surface area contributed by atoms with Gasteiger partial charge >= 0.3 is 0 Å². The number of aromatic amines is 2. The van der Waals surface area contributed by atoms with Crippen LogP contribution in [0.3, 0.4) is 0 Å². The van der Waals surface area contributed by atoms with E-state index in [-0.39, 0.29) is 0 Å². The molecule has 3 nitrogen and oxygen atoms in total. The first-order valence-electron chi connectivity index (χ1n) is 5.16. The molecule has 0 aromatic carbocycles. The van der Waals surface area contributed by atoms with Gasteiger partial charge in [0.25, 0.3) is 0 Å². The number of H-pyrrole nitrogens is 2. The van der Waals surface area contributed by atoms with Crippen LogP contribution in [0, 0.1) is 0 Å². The fraction of sp³-hybridized carbons (Fsp3) is 0. The van der Waals surface area contributed by atoms with Crippen molar-refractivity contribution < 1.29 is 0 Å². The molecular formula is C13H11N3. The highest BCUT2D eigenvalue weighted by Crippen LogP contribution is 2.22. The van der Waals surface area contributed by atoms with E-state index in [1.54, 1.807) is 0 Å². The smallest absolute Gasteiger partial charge is 0.0469 e. The Kier molecular flexibility index (Phi) is 2.07. The first-order valence-corrected chi connectivity index (χ1v) is 5.16. The van der Waals surface area contributed by atoms with Gasteiger partial charge < -0.3 is 9.97 Å². The van der Waals surface area contributed by atoms with Crippen LogP contribution in [0.2, 0.25) is 0 Å². The van der Waals surface area contributed by atoms with Crippen molar-refractivity contribution in [3.63, 3.8) is 0 Å². The van der Waals surface area contributed by atoms with E-state index in [0.717, 1.165) is 22.5 Å². The number of nitrogens with one attached hydrogen (secondary N) is 2. The van der Waals surface area contributed by atoms with Crippen molar-refractivity contribution in [2.24, 2.45) is 0 Å². The third-order valence-corrected chi connectivity index (χ3v) is 2.56. The number of pyridine rings is 1. The molecule has 0 radical (unpaired) electrons. The first kappa shape index (κ1) is 8.97. The maximum absolute atomic E-state index is 4.26. The molecule has 0 fully saturated rings. The van der Waals surface area contributed by atoms with E-state index in [1.165, 1.54) is 0 Å². The van der Waals surface area contributed by atoms with Crippen molar-refractivity contribution in [2.45, 2.75) is 0 Å². The van der Waals surface area contributed by atoms with Gasteiger partial charge in [0.05, 0.1) is 0 Å². The molecule has 3 heterocycles. The van der Waals surface area contributed by atoms with Gasteiger partial charge in [0.1, 0.15) is 0 Å². The standard InChI is InChI=1S/C13H11N3/c1-3-12(15-5-1)10-7-11(9-14-8-10)13-4-2-6-16-13/h1-9,15-16H. The lowest BCUT2D eigenvalue weighted by Gasteiger charge is -2.01. The molecule has 0 saturated heterocycles. The zero-order chi connectivity index (χ0) is 10.8. The van der Waals surface area contributed by atoms with Crippen LogP contribution in [0.5, 0.6) is 0 Å². The molecule has 0 aliphatic carbocycles. The van der Waals surface area contributed by atoms with Gasteiger partial charge in [-0.3, -0.25) is 4.98 Å². The van der Waals surface area contributed by atoms with Gasteiger partial charge in [-0.2, -0.15) is 0 Å². The van der Waals surface area contributed by atoms with Crippen LogP contribution >= 0.6 is 0 Å². The molecule has 3 heteroatoms. The van der Waals surface area contributed by atoms with Gasteiger partial charge in [-0.15, -0.1) is 0 Å². The van der Waals surface area contributed by atoms with Crippen molar-refractivity contribution >= 4 is 0 Å². The monoisotopic (exact) mass is 209 g/mol. The van der Waals surface area contributed by atoms with E-state index in [0.29, 0.717) is 0 Å². The van der Waals surface area contributed by atoms with Crippen LogP contribution < -0.4 is 0 Å². The molecule has 0 saturated carbocycles. The van der Waals surface area contributed by atoms with Crippen molar-refractivity contribution in [3.05, 3.63) is 55.1 Å². The molecule has 0 aliphatic heterocycles. The van der Waals surface area contributed by atoms with E-state index < -0.39 is 0 Å². The summed E-state index contributed by atoms with van der Waals surface area (Å²) >= 11 is 0. The summed E-state index contributed by atoms with van der Waals surface area (Å²) in [5.74, 6) is 0. The molecule has 0 bridgehead atoms. The quantitative estimate of drug-likeness (QED) is 0.669. The Morgan fingerprint density at radius 2 is 1.38 bits per heavy atom. The van der Waals surface area contributed by atoms with Crippen LogP contribution in [0.4, 0.5) is 0 Å². The van der Waals surface area contributed by atoms with E-state index in [2.05, 4.69) is 21.0 Å². The number of hydrogen-bond donors (Lipinski definition) is 2. The SMILES string of the molecule is c1c[nH]c(-c2cncc(-c3ccc[nH]3)c2)c1. The maximum Gasteiger partial charge on any atom is 0.0469 e. The predicted molar refractivity (Wildman–Crippen MR) is 63.8 cm³/mol. The second kappa shape index (κ2) is 3.70. The summed E-state index contributed by atoms with van der Waals surface area (Å²) in [5, 5.41) is 0.